The molecular formula is C18H17BrN2O2S. The molecule has 1 aliphatic heterocycles. The molecule has 2 aromatic rings. The monoisotopic (exact) mass is 404 g/mol. The lowest BCUT2D eigenvalue weighted by molar-refractivity contribution is 0.425. The largest absolute Gasteiger partial charge is 0.378 e. The Morgan fingerprint density at radius 2 is 1.88 bits per heavy atom. The molecule has 0 bridgehead atoms. The van der Waals surface area contributed by atoms with Crippen LogP contribution < -0.4 is 10.5 Å². The van der Waals surface area contributed by atoms with Crippen molar-refractivity contribution in [3.05, 3.63) is 70.2 Å². The predicted molar refractivity (Wildman–Crippen MR) is 98.3 cm³/mol. The number of allylic oxidation sites excluding steroid dienone is 2. The summed E-state index contributed by atoms with van der Waals surface area (Å²) in [6.45, 7) is 0. The summed E-state index contributed by atoms with van der Waals surface area (Å²) >= 11 is 3.55. The Bertz CT molecular complexity index is 923. The molecule has 6 heteroatoms. The molecule has 1 aliphatic carbocycles. The summed E-state index contributed by atoms with van der Waals surface area (Å²) in [5.74, 6) is 0.800. The van der Waals surface area contributed by atoms with Gasteiger partial charge in [0.15, 0.2) is 0 Å². The third kappa shape index (κ3) is 2.68. The van der Waals surface area contributed by atoms with E-state index in [1.807, 2.05) is 18.2 Å². The number of anilines is 1. The van der Waals surface area contributed by atoms with Crippen LogP contribution in [0.4, 0.5) is 5.69 Å². The molecule has 2 aromatic carbocycles. The van der Waals surface area contributed by atoms with E-state index in [-0.39, 0.29) is 10.9 Å². The Balaban J connectivity index is 1.73. The van der Waals surface area contributed by atoms with Crippen LogP contribution in [0.1, 0.15) is 29.5 Å². The van der Waals surface area contributed by atoms with Crippen LogP contribution in [0.25, 0.3) is 0 Å². The summed E-state index contributed by atoms with van der Waals surface area (Å²) in [6.07, 6.45) is 5.52. The molecule has 4 rings (SSSR count). The number of hydrogen-bond donors (Lipinski definition) is 2. The topological polar surface area (TPSA) is 72.2 Å². The summed E-state index contributed by atoms with van der Waals surface area (Å²) in [7, 11) is -3.66. The average Bonchev–Trinajstić information content (AvgIpc) is 3.03. The van der Waals surface area contributed by atoms with Crippen molar-refractivity contribution in [2.24, 2.45) is 11.1 Å². The molecule has 3 unspecified atom stereocenters. The van der Waals surface area contributed by atoms with Gasteiger partial charge in [-0.15, -0.1) is 0 Å². The third-order valence-corrected chi connectivity index (χ3v) is 6.32. The second kappa shape index (κ2) is 5.72. The zero-order valence-electron chi connectivity index (χ0n) is 12.8. The van der Waals surface area contributed by atoms with E-state index in [0.717, 1.165) is 22.1 Å². The lowest BCUT2D eigenvalue weighted by Gasteiger charge is -2.37. The SMILES string of the molecule is NS(=O)(=O)c1ccc(C2Nc3ccc(Br)cc3C3C=CCC32)cc1. The molecule has 3 atom stereocenters. The summed E-state index contributed by atoms with van der Waals surface area (Å²) in [4.78, 5) is 0.146. The molecule has 0 spiro atoms. The molecule has 4 nitrogen and oxygen atoms in total. The van der Waals surface area contributed by atoms with Crippen LogP contribution in [-0.2, 0) is 10.0 Å². The van der Waals surface area contributed by atoms with Gasteiger partial charge in [-0.1, -0.05) is 40.2 Å². The fraction of sp³-hybridized carbons (Fsp3) is 0.222. The van der Waals surface area contributed by atoms with Crippen molar-refractivity contribution in [3.63, 3.8) is 0 Å². The second-order valence-corrected chi connectivity index (χ2v) is 8.80. The van der Waals surface area contributed by atoms with Gasteiger partial charge < -0.3 is 5.32 Å². The van der Waals surface area contributed by atoms with Crippen molar-refractivity contribution in [2.45, 2.75) is 23.3 Å². The summed E-state index contributed by atoms with van der Waals surface area (Å²) in [5, 5.41) is 8.82. The molecule has 0 aromatic heterocycles. The first-order valence-corrected chi connectivity index (χ1v) is 10.1. The first-order chi connectivity index (χ1) is 11.4. The Morgan fingerprint density at radius 3 is 2.58 bits per heavy atom. The maximum Gasteiger partial charge on any atom is 0.238 e. The van der Waals surface area contributed by atoms with Gasteiger partial charge in [-0.05, 0) is 53.8 Å². The van der Waals surface area contributed by atoms with E-state index in [1.54, 1.807) is 12.1 Å². The van der Waals surface area contributed by atoms with E-state index < -0.39 is 10.0 Å². The number of nitrogens with one attached hydrogen (secondary N) is 1. The van der Waals surface area contributed by atoms with Gasteiger partial charge in [0.25, 0.3) is 0 Å². The van der Waals surface area contributed by atoms with Crippen molar-refractivity contribution in [1.29, 1.82) is 0 Å². The Hall–Kier alpha value is -1.63. The number of benzene rings is 2. The zero-order chi connectivity index (χ0) is 16.9. The number of halogens is 1. The van der Waals surface area contributed by atoms with Crippen molar-refractivity contribution in [1.82, 2.24) is 0 Å². The van der Waals surface area contributed by atoms with Crippen LogP contribution in [0.3, 0.4) is 0 Å². The van der Waals surface area contributed by atoms with Gasteiger partial charge in [-0.3, -0.25) is 0 Å². The Kier molecular flexibility index (Phi) is 3.78. The van der Waals surface area contributed by atoms with Crippen molar-refractivity contribution >= 4 is 31.6 Å². The highest BCUT2D eigenvalue weighted by Gasteiger charge is 2.37. The maximum atomic E-state index is 11.4. The maximum absolute atomic E-state index is 11.4. The number of primary sulfonamides is 1. The predicted octanol–water partition coefficient (Wildman–Crippen LogP) is 3.92. The van der Waals surface area contributed by atoms with Gasteiger partial charge in [-0.25, -0.2) is 13.6 Å². The fourth-order valence-corrected chi connectivity index (χ4v) is 4.65. The van der Waals surface area contributed by atoms with Gasteiger partial charge >= 0.3 is 0 Å². The van der Waals surface area contributed by atoms with Gasteiger partial charge in [-0.2, -0.15) is 0 Å². The minimum absolute atomic E-state index is 0.146. The van der Waals surface area contributed by atoms with Crippen molar-refractivity contribution < 1.29 is 8.42 Å². The number of nitrogens with two attached hydrogens (primary N) is 1. The quantitative estimate of drug-likeness (QED) is 0.744. The second-order valence-electron chi connectivity index (χ2n) is 6.32. The van der Waals surface area contributed by atoms with Crippen LogP contribution in [-0.4, -0.2) is 8.42 Å². The smallest absolute Gasteiger partial charge is 0.238 e. The molecule has 124 valence electrons. The molecule has 0 saturated heterocycles. The molecule has 3 N–H and O–H groups in total. The summed E-state index contributed by atoms with van der Waals surface area (Å²) < 4.78 is 24.0. The minimum Gasteiger partial charge on any atom is -0.378 e. The van der Waals surface area contributed by atoms with Crippen LogP contribution in [0.2, 0.25) is 0 Å². The van der Waals surface area contributed by atoms with Crippen LogP contribution in [0.5, 0.6) is 0 Å². The first-order valence-electron chi connectivity index (χ1n) is 7.79. The first kappa shape index (κ1) is 15.9. The lowest BCUT2D eigenvalue weighted by atomic mass is 9.77. The molecule has 1 heterocycles. The van der Waals surface area contributed by atoms with Crippen molar-refractivity contribution in [3.8, 4) is 0 Å². The molecular weight excluding hydrogens is 388 g/mol. The molecule has 0 amide bonds. The molecule has 2 aliphatic rings. The van der Waals surface area contributed by atoms with E-state index in [2.05, 4.69) is 45.5 Å². The van der Waals surface area contributed by atoms with E-state index in [1.165, 1.54) is 5.56 Å². The van der Waals surface area contributed by atoms with E-state index in [9.17, 15) is 8.42 Å². The molecule has 0 radical (unpaired) electrons. The Morgan fingerprint density at radius 1 is 1.12 bits per heavy atom. The van der Waals surface area contributed by atoms with Gasteiger partial charge in [0.05, 0.1) is 10.9 Å². The van der Waals surface area contributed by atoms with Crippen LogP contribution in [0.15, 0.2) is 64.0 Å². The van der Waals surface area contributed by atoms with Gasteiger partial charge in [0.1, 0.15) is 0 Å². The highest BCUT2D eigenvalue weighted by atomic mass is 79.9. The van der Waals surface area contributed by atoms with Crippen molar-refractivity contribution in [2.75, 3.05) is 5.32 Å². The average molecular weight is 405 g/mol. The molecule has 0 fully saturated rings. The standard InChI is InChI=1S/C18H17BrN2O2S/c19-12-6-9-17-16(10-12)14-2-1-3-15(14)18(21-17)11-4-7-13(8-5-11)24(20,22)23/h1-2,4-10,14-15,18,21H,3H2,(H2,20,22,23). The summed E-state index contributed by atoms with van der Waals surface area (Å²) in [6, 6.07) is 13.3. The van der Waals surface area contributed by atoms with E-state index in [4.69, 9.17) is 5.14 Å². The lowest BCUT2D eigenvalue weighted by Crippen LogP contribution is -2.29. The Labute approximate surface area is 149 Å². The summed E-state index contributed by atoms with van der Waals surface area (Å²) in [5.41, 5.74) is 3.52. The highest BCUT2D eigenvalue weighted by Crippen LogP contribution is 2.50. The number of fused-ring (bicyclic) bond motifs is 3. The van der Waals surface area contributed by atoms with Crippen LogP contribution in [0, 0.1) is 5.92 Å². The van der Waals surface area contributed by atoms with Gasteiger partial charge in [0, 0.05) is 16.1 Å². The number of rotatable bonds is 2. The third-order valence-electron chi connectivity index (χ3n) is 4.89. The van der Waals surface area contributed by atoms with Gasteiger partial charge in [0.2, 0.25) is 10.0 Å². The van der Waals surface area contributed by atoms with E-state index in [0.29, 0.717) is 11.8 Å². The highest BCUT2D eigenvalue weighted by molar-refractivity contribution is 9.10. The minimum atomic E-state index is -3.66. The molecule has 24 heavy (non-hydrogen) atoms. The number of hydrogen-bond acceptors (Lipinski definition) is 3. The molecule has 0 saturated carbocycles. The van der Waals surface area contributed by atoms with E-state index >= 15 is 0 Å². The number of sulfonamides is 1. The fourth-order valence-electron chi connectivity index (χ4n) is 3.76. The zero-order valence-corrected chi connectivity index (χ0v) is 15.2. The normalized spacial score (nSPS) is 25.0. The van der Waals surface area contributed by atoms with Crippen LogP contribution >= 0.6 is 15.9 Å².